The normalized spacial score (nSPS) is 13.2. The molecule has 1 aromatic heterocycles. The second-order valence-corrected chi connectivity index (χ2v) is 4.12. The van der Waals surface area contributed by atoms with Gasteiger partial charge in [0.1, 0.15) is 5.82 Å². The average molecular weight is 195 g/mol. The summed E-state index contributed by atoms with van der Waals surface area (Å²) in [6.45, 7) is 9.79. The van der Waals surface area contributed by atoms with Crippen LogP contribution in [-0.4, -0.2) is 15.8 Å². The molecule has 0 spiro atoms. The highest BCUT2D eigenvalue weighted by Gasteiger charge is 2.08. The van der Waals surface area contributed by atoms with Crippen molar-refractivity contribution in [3.05, 3.63) is 12.3 Å². The molecule has 0 amide bonds. The lowest BCUT2D eigenvalue weighted by molar-refractivity contribution is 0.543. The Morgan fingerprint density at radius 2 is 2.14 bits per heavy atom. The third-order valence-corrected chi connectivity index (χ3v) is 2.53. The fourth-order valence-corrected chi connectivity index (χ4v) is 1.25. The first-order chi connectivity index (χ1) is 6.65. The first-order valence-corrected chi connectivity index (χ1v) is 5.43. The molecule has 1 rings (SSSR count). The van der Waals surface area contributed by atoms with Crippen LogP contribution in [0.5, 0.6) is 0 Å². The van der Waals surface area contributed by atoms with Crippen LogP contribution in [0.25, 0.3) is 0 Å². The summed E-state index contributed by atoms with van der Waals surface area (Å²) in [5, 5.41) is 7.75. The maximum absolute atomic E-state index is 4.27. The monoisotopic (exact) mass is 195 g/mol. The van der Waals surface area contributed by atoms with Crippen LogP contribution in [0, 0.1) is 5.92 Å². The fraction of sp³-hybridized carbons (Fsp3) is 0.727. The van der Waals surface area contributed by atoms with Gasteiger partial charge in [0.05, 0.1) is 6.20 Å². The van der Waals surface area contributed by atoms with Crippen molar-refractivity contribution in [2.45, 2.75) is 46.7 Å². The van der Waals surface area contributed by atoms with Gasteiger partial charge in [0.2, 0.25) is 0 Å². The highest BCUT2D eigenvalue weighted by Crippen LogP contribution is 2.12. The third-order valence-electron chi connectivity index (χ3n) is 2.53. The van der Waals surface area contributed by atoms with Crippen LogP contribution < -0.4 is 5.32 Å². The van der Waals surface area contributed by atoms with E-state index in [4.69, 9.17) is 0 Å². The van der Waals surface area contributed by atoms with Crippen LogP contribution in [0.2, 0.25) is 0 Å². The Morgan fingerprint density at radius 1 is 1.43 bits per heavy atom. The molecule has 0 saturated carbocycles. The molecule has 0 radical (unpaired) electrons. The van der Waals surface area contributed by atoms with Crippen molar-refractivity contribution in [1.29, 1.82) is 0 Å². The molecule has 1 N–H and O–H groups in total. The Labute approximate surface area is 86.5 Å². The quantitative estimate of drug-likeness (QED) is 0.783. The Bertz CT molecular complexity index is 265. The minimum atomic E-state index is 0.488. The number of rotatable bonds is 5. The van der Waals surface area contributed by atoms with Gasteiger partial charge >= 0.3 is 0 Å². The number of aromatic nitrogens is 2. The molecule has 3 nitrogen and oxygen atoms in total. The van der Waals surface area contributed by atoms with Gasteiger partial charge in [0, 0.05) is 18.7 Å². The van der Waals surface area contributed by atoms with Crippen molar-refractivity contribution in [3.8, 4) is 0 Å². The number of nitrogens with one attached hydrogen (secondary N) is 1. The lowest BCUT2D eigenvalue weighted by atomic mass is 10.1. The molecule has 1 aromatic rings. The van der Waals surface area contributed by atoms with Crippen molar-refractivity contribution in [2.75, 3.05) is 5.32 Å². The molecule has 0 saturated heterocycles. The third kappa shape index (κ3) is 2.76. The van der Waals surface area contributed by atoms with Gasteiger partial charge in [0.25, 0.3) is 0 Å². The van der Waals surface area contributed by atoms with Crippen molar-refractivity contribution in [1.82, 2.24) is 9.78 Å². The predicted molar refractivity (Wildman–Crippen MR) is 60.4 cm³/mol. The van der Waals surface area contributed by atoms with E-state index in [1.807, 2.05) is 16.9 Å². The molecule has 80 valence electrons. The zero-order valence-corrected chi connectivity index (χ0v) is 9.62. The summed E-state index contributed by atoms with van der Waals surface area (Å²) in [4.78, 5) is 0. The minimum Gasteiger partial charge on any atom is -0.368 e. The number of hydrogen-bond acceptors (Lipinski definition) is 2. The fourth-order valence-electron chi connectivity index (χ4n) is 1.25. The first kappa shape index (κ1) is 11.1. The van der Waals surface area contributed by atoms with Crippen LogP contribution in [-0.2, 0) is 6.54 Å². The van der Waals surface area contributed by atoms with Crippen LogP contribution in [0.15, 0.2) is 12.3 Å². The van der Waals surface area contributed by atoms with E-state index >= 15 is 0 Å². The van der Waals surface area contributed by atoms with Gasteiger partial charge < -0.3 is 5.32 Å². The second-order valence-electron chi connectivity index (χ2n) is 4.12. The van der Waals surface area contributed by atoms with Gasteiger partial charge in [-0.25, -0.2) is 4.68 Å². The first-order valence-electron chi connectivity index (χ1n) is 5.43. The van der Waals surface area contributed by atoms with E-state index in [1.54, 1.807) is 0 Å². The topological polar surface area (TPSA) is 29.9 Å². The average Bonchev–Trinajstić information content (AvgIpc) is 2.53. The maximum Gasteiger partial charge on any atom is 0.124 e. The van der Waals surface area contributed by atoms with Crippen molar-refractivity contribution in [2.24, 2.45) is 5.92 Å². The van der Waals surface area contributed by atoms with E-state index in [0.717, 1.165) is 18.8 Å². The zero-order chi connectivity index (χ0) is 10.6. The van der Waals surface area contributed by atoms with Gasteiger partial charge in [-0.15, -0.1) is 0 Å². The highest BCUT2D eigenvalue weighted by atomic mass is 15.3. The Kier molecular flexibility index (Phi) is 3.98. The molecule has 0 aromatic carbocycles. The number of aryl methyl sites for hydroxylation is 1. The summed E-state index contributed by atoms with van der Waals surface area (Å²) in [5.74, 6) is 1.77. The second kappa shape index (κ2) is 5.03. The van der Waals surface area contributed by atoms with E-state index in [2.05, 4.69) is 38.1 Å². The van der Waals surface area contributed by atoms with Crippen LogP contribution in [0.4, 0.5) is 5.82 Å². The molecule has 1 unspecified atom stereocenters. The minimum absolute atomic E-state index is 0.488. The predicted octanol–water partition coefficient (Wildman–Crippen LogP) is 2.75. The van der Waals surface area contributed by atoms with Crippen LogP contribution >= 0.6 is 0 Å². The summed E-state index contributed by atoms with van der Waals surface area (Å²) in [7, 11) is 0. The van der Waals surface area contributed by atoms with Crippen LogP contribution in [0.3, 0.4) is 0 Å². The Hall–Kier alpha value is -0.990. The molecular weight excluding hydrogens is 174 g/mol. The SMILES string of the molecule is CCCn1nccc1NC(C)C(C)C. The maximum atomic E-state index is 4.27. The van der Waals surface area contributed by atoms with Crippen LogP contribution in [0.1, 0.15) is 34.1 Å². The lowest BCUT2D eigenvalue weighted by Crippen LogP contribution is -2.23. The lowest BCUT2D eigenvalue weighted by Gasteiger charge is -2.19. The Morgan fingerprint density at radius 3 is 2.71 bits per heavy atom. The summed E-state index contributed by atoms with van der Waals surface area (Å²) in [6.07, 6.45) is 2.97. The van der Waals surface area contributed by atoms with E-state index < -0.39 is 0 Å². The molecule has 0 bridgehead atoms. The van der Waals surface area contributed by atoms with E-state index in [9.17, 15) is 0 Å². The molecule has 1 atom stereocenters. The van der Waals surface area contributed by atoms with E-state index in [0.29, 0.717) is 12.0 Å². The van der Waals surface area contributed by atoms with Crippen molar-refractivity contribution >= 4 is 5.82 Å². The molecule has 1 heterocycles. The van der Waals surface area contributed by atoms with Crippen molar-refractivity contribution < 1.29 is 0 Å². The highest BCUT2D eigenvalue weighted by molar-refractivity contribution is 5.34. The molecule has 0 fully saturated rings. The molecule has 0 aliphatic rings. The van der Waals surface area contributed by atoms with Gasteiger partial charge in [-0.05, 0) is 19.3 Å². The summed E-state index contributed by atoms with van der Waals surface area (Å²) in [5.41, 5.74) is 0. The smallest absolute Gasteiger partial charge is 0.124 e. The summed E-state index contributed by atoms with van der Waals surface area (Å²) >= 11 is 0. The van der Waals surface area contributed by atoms with Gasteiger partial charge in [-0.3, -0.25) is 0 Å². The summed E-state index contributed by atoms with van der Waals surface area (Å²) < 4.78 is 2.03. The van der Waals surface area contributed by atoms with Gasteiger partial charge in [0.15, 0.2) is 0 Å². The van der Waals surface area contributed by atoms with E-state index in [-0.39, 0.29) is 0 Å². The molecule has 14 heavy (non-hydrogen) atoms. The van der Waals surface area contributed by atoms with Gasteiger partial charge in [-0.1, -0.05) is 20.8 Å². The largest absolute Gasteiger partial charge is 0.368 e. The van der Waals surface area contributed by atoms with E-state index in [1.165, 1.54) is 0 Å². The molecule has 0 aliphatic carbocycles. The van der Waals surface area contributed by atoms with Crippen molar-refractivity contribution in [3.63, 3.8) is 0 Å². The number of hydrogen-bond donors (Lipinski definition) is 1. The standard InChI is InChI=1S/C11H21N3/c1-5-8-14-11(6-7-12-14)13-10(4)9(2)3/h6-7,9-10,13H,5,8H2,1-4H3. The zero-order valence-electron chi connectivity index (χ0n) is 9.62. The molecule has 3 heteroatoms. The Balaban J connectivity index is 2.61. The molecule has 0 aliphatic heterocycles. The summed E-state index contributed by atoms with van der Waals surface area (Å²) in [6, 6.07) is 2.52. The number of nitrogens with zero attached hydrogens (tertiary/aromatic N) is 2. The number of anilines is 1. The van der Waals surface area contributed by atoms with Gasteiger partial charge in [-0.2, -0.15) is 5.10 Å². The molecular formula is C11H21N3.